The molecule has 3 aromatic carbocycles. The largest absolute Gasteiger partial charge is 0.192 e. The van der Waals surface area contributed by atoms with Crippen LogP contribution in [0.3, 0.4) is 0 Å². The fourth-order valence-electron chi connectivity index (χ4n) is 2.31. The van der Waals surface area contributed by atoms with Crippen LogP contribution < -0.4 is 0 Å². The number of hydrogen-bond donors (Lipinski definition) is 0. The predicted octanol–water partition coefficient (Wildman–Crippen LogP) is 4.23. The van der Waals surface area contributed by atoms with Crippen LogP contribution in [0.5, 0.6) is 0 Å². The first-order valence-corrected chi connectivity index (χ1v) is 7.92. The van der Waals surface area contributed by atoms with Crippen molar-refractivity contribution in [2.75, 3.05) is 0 Å². The molecule has 0 unspecified atom stereocenters. The minimum atomic E-state index is 0.301. The van der Waals surface area contributed by atoms with E-state index in [1.54, 1.807) is 12.1 Å². The SMILES string of the molecule is N#Cc1cc(C#Cc2ccccc2)c(C#Cc2ccccc2)cc1C#N. The van der Waals surface area contributed by atoms with Gasteiger partial charge in [-0.2, -0.15) is 10.5 Å². The van der Waals surface area contributed by atoms with E-state index in [1.807, 2.05) is 72.8 Å². The zero-order valence-electron chi connectivity index (χ0n) is 13.8. The summed E-state index contributed by atoms with van der Waals surface area (Å²) >= 11 is 0. The molecule has 0 aliphatic rings. The topological polar surface area (TPSA) is 47.6 Å². The van der Waals surface area contributed by atoms with E-state index < -0.39 is 0 Å². The van der Waals surface area contributed by atoms with E-state index in [-0.39, 0.29) is 0 Å². The standard InChI is InChI=1S/C24H12N2/c25-17-23-15-21(13-11-19-7-3-1-4-8-19)22(16-24(23)18-26)14-12-20-9-5-2-6-10-20/h1-10,15-16H. The van der Waals surface area contributed by atoms with E-state index in [0.717, 1.165) is 11.1 Å². The zero-order valence-corrected chi connectivity index (χ0v) is 13.8. The van der Waals surface area contributed by atoms with Gasteiger partial charge in [-0.1, -0.05) is 60.1 Å². The Hall–Kier alpha value is -4.24. The van der Waals surface area contributed by atoms with Gasteiger partial charge in [0.25, 0.3) is 0 Å². The molecule has 3 aromatic rings. The lowest BCUT2D eigenvalue weighted by atomic mass is 9.99. The van der Waals surface area contributed by atoms with Gasteiger partial charge in [0.05, 0.1) is 11.1 Å². The summed E-state index contributed by atoms with van der Waals surface area (Å²) in [4.78, 5) is 0. The molecule has 0 atom stereocenters. The summed E-state index contributed by atoms with van der Waals surface area (Å²) in [6.45, 7) is 0. The second-order valence-corrected chi connectivity index (χ2v) is 5.40. The molecular formula is C24H12N2. The Balaban J connectivity index is 2.10. The average Bonchev–Trinajstić information content (AvgIpc) is 2.72. The fourth-order valence-corrected chi connectivity index (χ4v) is 2.31. The van der Waals surface area contributed by atoms with Gasteiger partial charge in [-0.15, -0.1) is 0 Å². The molecule has 3 rings (SSSR count). The minimum absolute atomic E-state index is 0.301. The monoisotopic (exact) mass is 328 g/mol. The van der Waals surface area contributed by atoms with Crippen molar-refractivity contribution in [2.24, 2.45) is 0 Å². The van der Waals surface area contributed by atoms with Gasteiger partial charge < -0.3 is 0 Å². The van der Waals surface area contributed by atoms with Gasteiger partial charge in [0.15, 0.2) is 0 Å². The molecule has 0 fully saturated rings. The molecule has 2 heteroatoms. The Morgan fingerprint density at radius 1 is 0.462 bits per heavy atom. The molecule has 0 spiro atoms. The second-order valence-electron chi connectivity index (χ2n) is 5.40. The molecule has 2 nitrogen and oxygen atoms in total. The maximum absolute atomic E-state index is 9.27. The van der Waals surface area contributed by atoms with Gasteiger partial charge in [0.1, 0.15) is 12.1 Å². The van der Waals surface area contributed by atoms with E-state index in [2.05, 4.69) is 23.7 Å². The van der Waals surface area contributed by atoms with E-state index in [9.17, 15) is 10.5 Å². The van der Waals surface area contributed by atoms with E-state index in [4.69, 9.17) is 0 Å². The van der Waals surface area contributed by atoms with Crippen LogP contribution in [0.2, 0.25) is 0 Å². The summed E-state index contributed by atoms with van der Waals surface area (Å²) in [7, 11) is 0. The molecule has 26 heavy (non-hydrogen) atoms. The Morgan fingerprint density at radius 3 is 1.19 bits per heavy atom. The van der Waals surface area contributed by atoms with Crippen LogP contribution in [-0.4, -0.2) is 0 Å². The first-order valence-electron chi connectivity index (χ1n) is 7.92. The Kier molecular flexibility index (Phi) is 5.13. The van der Waals surface area contributed by atoms with Gasteiger partial charge in [-0.3, -0.25) is 0 Å². The van der Waals surface area contributed by atoms with Crippen molar-refractivity contribution in [3.8, 4) is 35.8 Å². The highest BCUT2D eigenvalue weighted by molar-refractivity contribution is 5.61. The molecular weight excluding hydrogens is 316 g/mol. The number of benzene rings is 3. The van der Waals surface area contributed by atoms with Gasteiger partial charge in [0.2, 0.25) is 0 Å². The summed E-state index contributed by atoms with van der Waals surface area (Å²) in [5.41, 5.74) is 3.61. The van der Waals surface area contributed by atoms with E-state index in [0.29, 0.717) is 22.3 Å². The maximum Gasteiger partial charge on any atom is 0.101 e. The summed E-state index contributed by atoms with van der Waals surface area (Å²) in [5.74, 6) is 12.3. The highest BCUT2D eigenvalue weighted by Gasteiger charge is 2.07. The van der Waals surface area contributed by atoms with Crippen molar-refractivity contribution in [1.29, 1.82) is 10.5 Å². The highest BCUT2D eigenvalue weighted by atomic mass is 14.3. The van der Waals surface area contributed by atoms with Crippen LogP contribution in [0.25, 0.3) is 0 Å². The fraction of sp³-hybridized carbons (Fsp3) is 0. The van der Waals surface area contributed by atoms with E-state index >= 15 is 0 Å². The number of nitriles is 2. The van der Waals surface area contributed by atoms with Gasteiger partial charge in [0, 0.05) is 22.3 Å². The maximum atomic E-state index is 9.27. The number of nitrogens with zero attached hydrogens (tertiary/aromatic N) is 2. The molecule has 0 radical (unpaired) electrons. The summed E-state index contributed by atoms with van der Waals surface area (Å²) in [6, 6.07) is 26.5. The van der Waals surface area contributed by atoms with Gasteiger partial charge in [-0.05, 0) is 36.4 Å². The number of rotatable bonds is 0. The summed E-state index contributed by atoms with van der Waals surface area (Å²) in [6.07, 6.45) is 0. The number of hydrogen-bond acceptors (Lipinski definition) is 2. The molecule has 0 aromatic heterocycles. The lowest BCUT2D eigenvalue weighted by molar-refractivity contribution is 1.41. The summed E-state index contributed by atoms with van der Waals surface area (Å²) < 4.78 is 0. The van der Waals surface area contributed by atoms with Crippen LogP contribution in [0.15, 0.2) is 72.8 Å². The van der Waals surface area contributed by atoms with Crippen LogP contribution in [-0.2, 0) is 0 Å². The smallest absolute Gasteiger partial charge is 0.101 e. The van der Waals surface area contributed by atoms with E-state index in [1.165, 1.54) is 0 Å². The lowest BCUT2D eigenvalue weighted by Gasteiger charge is -2.01. The highest BCUT2D eigenvalue weighted by Crippen LogP contribution is 2.16. The third-order valence-electron chi connectivity index (χ3n) is 3.63. The predicted molar refractivity (Wildman–Crippen MR) is 101 cm³/mol. The summed E-state index contributed by atoms with van der Waals surface area (Å²) in [5, 5.41) is 18.5. The average molecular weight is 328 g/mol. The van der Waals surface area contributed by atoms with Crippen LogP contribution in [0, 0.1) is 46.3 Å². The third-order valence-corrected chi connectivity index (χ3v) is 3.63. The first kappa shape index (κ1) is 16.6. The molecule has 0 aliphatic carbocycles. The lowest BCUT2D eigenvalue weighted by Crippen LogP contribution is -1.92. The van der Waals surface area contributed by atoms with Crippen molar-refractivity contribution in [1.82, 2.24) is 0 Å². The van der Waals surface area contributed by atoms with Crippen molar-refractivity contribution >= 4 is 0 Å². The molecule has 0 aliphatic heterocycles. The molecule has 118 valence electrons. The van der Waals surface area contributed by atoms with Crippen molar-refractivity contribution in [3.05, 3.63) is 106 Å². The van der Waals surface area contributed by atoms with Crippen LogP contribution in [0.4, 0.5) is 0 Å². The molecule has 0 amide bonds. The molecule has 0 heterocycles. The molecule has 0 saturated carbocycles. The van der Waals surface area contributed by atoms with Crippen molar-refractivity contribution in [2.45, 2.75) is 0 Å². The Morgan fingerprint density at radius 2 is 0.846 bits per heavy atom. The second kappa shape index (κ2) is 8.04. The van der Waals surface area contributed by atoms with Crippen LogP contribution in [0.1, 0.15) is 33.4 Å². The first-order chi connectivity index (χ1) is 12.8. The van der Waals surface area contributed by atoms with Gasteiger partial charge in [-0.25, -0.2) is 0 Å². The quantitative estimate of drug-likeness (QED) is 0.580. The molecule has 0 saturated heterocycles. The van der Waals surface area contributed by atoms with Crippen molar-refractivity contribution in [3.63, 3.8) is 0 Å². The normalized spacial score (nSPS) is 8.85. The Bertz CT molecular complexity index is 1040. The molecule has 0 bridgehead atoms. The third kappa shape index (κ3) is 3.99. The Labute approximate surface area is 153 Å². The van der Waals surface area contributed by atoms with Crippen molar-refractivity contribution < 1.29 is 0 Å². The van der Waals surface area contributed by atoms with Gasteiger partial charge >= 0.3 is 0 Å². The van der Waals surface area contributed by atoms with Crippen LogP contribution >= 0.6 is 0 Å². The molecule has 0 N–H and O–H groups in total. The zero-order chi connectivity index (χ0) is 18.2. The minimum Gasteiger partial charge on any atom is -0.192 e.